The van der Waals surface area contributed by atoms with Crippen LogP contribution in [0.5, 0.6) is 5.75 Å². The van der Waals surface area contributed by atoms with Gasteiger partial charge in [0.2, 0.25) is 0 Å². The summed E-state index contributed by atoms with van der Waals surface area (Å²) >= 11 is 0. The fourth-order valence-electron chi connectivity index (χ4n) is 2.63. The van der Waals surface area contributed by atoms with Gasteiger partial charge in [0.15, 0.2) is 5.78 Å². The lowest BCUT2D eigenvalue weighted by Gasteiger charge is -2.08. The van der Waals surface area contributed by atoms with Gasteiger partial charge in [-0.3, -0.25) is 9.59 Å². The van der Waals surface area contributed by atoms with Gasteiger partial charge in [0.05, 0.1) is 5.56 Å². The van der Waals surface area contributed by atoms with Crippen LogP contribution in [0.25, 0.3) is 0 Å². The van der Waals surface area contributed by atoms with Crippen molar-refractivity contribution in [2.45, 2.75) is 46.0 Å². The van der Waals surface area contributed by atoms with Crippen molar-refractivity contribution in [1.82, 2.24) is 0 Å². The van der Waals surface area contributed by atoms with Crippen LogP contribution >= 0.6 is 0 Å². The molecule has 0 aliphatic carbocycles. The number of ketones is 1. The lowest BCUT2D eigenvalue weighted by molar-refractivity contribution is -0.131. The van der Waals surface area contributed by atoms with E-state index in [9.17, 15) is 9.59 Å². The quantitative estimate of drug-likeness (QED) is 0.298. The summed E-state index contributed by atoms with van der Waals surface area (Å²) in [6.07, 6.45) is 5.96. The van der Waals surface area contributed by atoms with Gasteiger partial charge in [0.25, 0.3) is 0 Å². The Labute approximate surface area is 143 Å². The van der Waals surface area contributed by atoms with Crippen LogP contribution in [0.2, 0.25) is 0 Å². The first-order valence-corrected chi connectivity index (χ1v) is 8.53. The number of rotatable bonds is 8. The number of carbonyl (C=O) groups excluding carboxylic acids is 2. The molecule has 0 unspecified atom stereocenters. The molecule has 0 heterocycles. The zero-order valence-corrected chi connectivity index (χ0v) is 14.4. The lowest BCUT2D eigenvalue weighted by atomic mass is 9.99. The van der Waals surface area contributed by atoms with Gasteiger partial charge in [0, 0.05) is 12.5 Å². The maximum atomic E-state index is 12.7. The minimum Gasteiger partial charge on any atom is -0.426 e. The highest BCUT2D eigenvalue weighted by Crippen LogP contribution is 2.22. The first kappa shape index (κ1) is 17.9. The van der Waals surface area contributed by atoms with Crippen LogP contribution in [-0.2, 0) is 11.2 Å². The molecule has 0 aliphatic heterocycles. The molecule has 2 aromatic carbocycles. The zero-order valence-electron chi connectivity index (χ0n) is 14.4. The Kier molecular flexibility index (Phi) is 6.74. The van der Waals surface area contributed by atoms with Crippen LogP contribution in [0.15, 0.2) is 48.5 Å². The van der Waals surface area contributed by atoms with Gasteiger partial charge in [-0.15, -0.1) is 0 Å². The van der Waals surface area contributed by atoms with E-state index >= 15 is 0 Å². The maximum Gasteiger partial charge on any atom is 0.308 e. The van der Waals surface area contributed by atoms with Crippen molar-refractivity contribution in [3.8, 4) is 5.75 Å². The fraction of sp³-hybridized carbons (Fsp3) is 0.333. The lowest BCUT2D eigenvalue weighted by Crippen LogP contribution is -2.08. The number of ether oxygens (including phenoxy) is 1. The van der Waals surface area contributed by atoms with E-state index in [1.54, 1.807) is 24.3 Å². The van der Waals surface area contributed by atoms with Gasteiger partial charge in [-0.2, -0.15) is 0 Å². The summed E-state index contributed by atoms with van der Waals surface area (Å²) in [5.41, 5.74) is 2.26. The summed E-state index contributed by atoms with van der Waals surface area (Å²) in [6, 6.07) is 14.5. The molecule has 0 aliphatic rings. The molecule has 126 valence electrons. The Bertz CT molecular complexity index is 686. The van der Waals surface area contributed by atoms with E-state index < -0.39 is 5.97 Å². The molecule has 0 aromatic heterocycles. The molecule has 0 radical (unpaired) electrons. The average molecular weight is 324 g/mol. The monoisotopic (exact) mass is 324 g/mol. The van der Waals surface area contributed by atoms with E-state index in [1.165, 1.54) is 38.2 Å². The van der Waals surface area contributed by atoms with Crippen LogP contribution in [0.1, 0.15) is 61.0 Å². The molecule has 0 amide bonds. The summed E-state index contributed by atoms with van der Waals surface area (Å²) in [7, 11) is 0. The predicted octanol–water partition coefficient (Wildman–Crippen LogP) is 4.97. The first-order valence-electron chi connectivity index (χ1n) is 8.53. The van der Waals surface area contributed by atoms with Gasteiger partial charge < -0.3 is 4.74 Å². The molecule has 0 atom stereocenters. The molecular formula is C21H24O3. The molecule has 0 saturated carbocycles. The third-order valence-electron chi connectivity index (χ3n) is 3.92. The zero-order chi connectivity index (χ0) is 17.4. The number of aryl methyl sites for hydroxylation is 1. The Morgan fingerprint density at radius 3 is 2.29 bits per heavy atom. The second-order valence-electron chi connectivity index (χ2n) is 5.93. The normalized spacial score (nSPS) is 10.4. The third kappa shape index (κ3) is 5.05. The van der Waals surface area contributed by atoms with E-state index in [1.807, 2.05) is 24.3 Å². The molecule has 3 heteroatoms. The predicted molar refractivity (Wildman–Crippen MR) is 95.5 cm³/mol. The summed E-state index contributed by atoms with van der Waals surface area (Å²) in [5.74, 6) is -0.263. The SMILES string of the molecule is CCCCCCc1ccc(C(=O)c2ccccc2OC(C)=O)cc1. The van der Waals surface area contributed by atoms with E-state index in [0.717, 1.165) is 6.42 Å². The van der Waals surface area contributed by atoms with Gasteiger partial charge in [-0.1, -0.05) is 62.6 Å². The number of esters is 1. The molecule has 3 nitrogen and oxygen atoms in total. The third-order valence-corrected chi connectivity index (χ3v) is 3.92. The number of hydrogen-bond acceptors (Lipinski definition) is 3. The Morgan fingerprint density at radius 1 is 0.917 bits per heavy atom. The van der Waals surface area contributed by atoms with Gasteiger partial charge in [-0.25, -0.2) is 0 Å². The molecule has 24 heavy (non-hydrogen) atoms. The van der Waals surface area contributed by atoms with Gasteiger partial charge in [-0.05, 0) is 30.5 Å². The highest BCUT2D eigenvalue weighted by Gasteiger charge is 2.15. The Balaban J connectivity index is 2.09. The smallest absolute Gasteiger partial charge is 0.308 e. The van der Waals surface area contributed by atoms with E-state index in [4.69, 9.17) is 4.74 Å². The van der Waals surface area contributed by atoms with E-state index in [0.29, 0.717) is 16.9 Å². The maximum absolute atomic E-state index is 12.7. The molecule has 0 fully saturated rings. The summed E-state index contributed by atoms with van der Waals surface area (Å²) in [4.78, 5) is 23.9. The van der Waals surface area contributed by atoms with Crippen molar-refractivity contribution >= 4 is 11.8 Å². The number of hydrogen-bond donors (Lipinski definition) is 0. The molecule has 0 bridgehead atoms. The van der Waals surface area contributed by atoms with Crippen molar-refractivity contribution in [3.05, 3.63) is 65.2 Å². The van der Waals surface area contributed by atoms with E-state index in [2.05, 4.69) is 6.92 Å². The Morgan fingerprint density at radius 2 is 1.62 bits per heavy atom. The second kappa shape index (κ2) is 9.02. The number of unbranched alkanes of at least 4 members (excludes halogenated alkanes) is 3. The van der Waals surface area contributed by atoms with Crippen LogP contribution < -0.4 is 4.74 Å². The van der Waals surface area contributed by atoms with Gasteiger partial charge >= 0.3 is 5.97 Å². The van der Waals surface area contributed by atoms with Crippen LogP contribution in [0, 0.1) is 0 Å². The average Bonchev–Trinajstić information content (AvgIpc) is 2.59. The van der Waals surface area contributed by atoms with Gasteiger partial charge in [0.1, 0.15) is 5.75 Å². The van der Waals surface area contributed by atoms with Crippen molar-refractivity contribution in [2.24, 2.45) is 0 Å². The van der Waals surface area contributed by atoms with Crippen molar-refractivity contribution in [1.29, 1.82) is 0 Å². The number of para-hydroxylation sites is 1. The van der Waals surface area contributed by atoms with Crippen molar-refractivity contribution in [3.63, 3.8) is 0 Å². The van der Waals surface area contributed by atoms with Crippen LogP contribution in [0.4, 0.5) is 0 Å². The standard InChI is InChI=1S/C21H24O3/c1-3-4-5-6-9-17-12-14-18(15-13-17)21(23)19-10-7-8-11-20(19)24-16(2)22/h7-8,10-15H,3-6,9H2,1-2H3. The Hall–Kier alpha value is -2.42. The molecule has 0 saturated heterocycles. The number of benzene rings is 2. The first-order chi connectivity index (χ1) is 11.6. The minimum absolute atomic E-state index is 0.135. The molecule has 2 aromatic rings. The highest BCUT2D eigenvalue weighted by molar-refractivity contribution is 6.11. The van der Waals surface area contributed by atoms with Crippen molar-refractivity contribution in [2.75, 3.05) is 0 Å². The summed E-state index contributed by atoms with van der Waals surface area (Å²) in [5, 5.41) is 0. The number of carbonyl (C=O) groups is 2. The topological polar surface area (TPSA) is 43.4 Å². The summed E-state index contributed by atoms with van der Waals surface area (Å²) < 4.78 is 5.13. The van der Waals surface area contributed by atoms with Crippen LogP contribution in [-0.4, -0.2) is 11.8 Å². The molecular weight excluding hydrogens is 300 g/mol. The van der Waals surface area contributed by atoms with E-state index in [-0.39, 0.29) is 5.78 Å². The molecule has 2 rings (SSSR count). The highest BCUT2D eigenvalue weighted by atomic mass is 16.5. The minimum atomic E-state index is -0.433. The van der Waals surface area contributed by atoms with Crippen molar-refractivity contribution < 1.29 is 14.3 Å². The molecule has 0 N–H and O–H groups in total. The largest absolute Gasteiger partial charge is 0.426 e. The fourth-order valence-corrected chi connectivity index (χ4v) is 2.63. The summed E-state index contributed by atoms with van der Waals surface area (Å²) in [6.45, 7) is 3.53. The second-order valence-corrected chi connectivity index (χ2v) is 5.93. The van der Waals surface area contributed by atoms with Crippen LogP contribution in [0.3, 0.4) is 0 Å². The molecule has 0 spiro atoms.